The third-order valence-electron chi connectivity index (χ3n) is 4.35. The summed E-state index contributed by atoms with van der Waals surface area (Å²) in [6, 6.07) is 0. The van der Waals surface area contributed by atoms with Gasteiger partial charge in [0.25, 0.3) is 0 Å². The minimum Gasteiger partial charge on any atom is -0.384 e. The van der Waals surface area contributed by atoms with E-state index in [1.807, 2.05) is 6.92 Å². The summed E-state index contributed by atoms with van der Waals surface area (Å²) in [6.07, 6.45) is 4.15. The first-order valence-corrected chi connectivity index (χ1v) is 7.78. The highest BCUT2D eigenvalue weighted by Gasteiger charge is 2.31. The van der Waals surface area contributed by atoms with Gasteiger partial charge in [-0.15, -0.1) is 0 Å². The number of likely N-dealkylation sites (tertiary alicyclic amines) is 1. The fraction of sp³-hybridized carbons (Fsp3) is 0.933. The van der Waals surface area contributed by atoms with E-state index < -0.39 is 5.54 Å². The van der Waals surface area contributed by atoms with Crippen LogP contribution in [0.2, 0.25) is 0 Å². The van der Waals surface area contributed by atoms with Crippen molar-refractivity contribution in [3.05, 3.63) is 0 Å². The van der Waals surface area contributed by atoms with Gasteiger partial charge in [0.2, 0.25) is 5.91 Å². The molecular formula is C15H31N3O2. The maximum absolute atomic E-state index is 11.7. The topological polar surface area (TPSA) is 67.6 Å². The summed E-state index contributed by atoms with van der Waals surface area (Å²) in [5, 5.41) is 3.29. The van der Waals surface area contributed by atoms with Crippen molar-refractivity contribution in [3.8, 4) is 0 Å². The number of piperidine rings is 1. The number of hydrogen-bond donors (Lipinski definition) is 2. The first-order chi connectivity index (χ1) is 9.51. The van der Waals surface area contributed by atoms with Gasteiger partial charge in [-0.3, -0.25) is 4.79 Å². The zero-order chi connectivity index (χ0) is 15.0. The van der Waals surface area contributed by atoms with Crippen LogP contribution in [0.5, 0.6) is 0 Å². The molecule has 3 N–H and O–H groups in total. The van der Waals surface area contributed by atoms with Crippen LogP contribution in [0.1, 0.15) is 39.5 Å². The molecule has 5 heteroatoms. The highest BCUT2D eigenvalue weighted by molar-refractivity contribution is 5.84. The Labute approximate surface area is 123 Å². The van der Waals surface area contributed by atoms with Gasteiger partial charge in [0, 0.05) is 20.3 Å². The number of rotatable bonds is 9. The van der Waals surface area contributed by atoms with Gasteiger partial charge in [-0.25, -0.2) is 0 Å². The van der Waals surface area contributed by atoms with E-state index in [1.165, 1.54) is 12.8 Å². The molecule has 1 saturated heterocycles. The fourth-order valence-electron chi connectivity index (χ4n) is 2.69. The lowest BCUT2D eigenvalue weighted by atomic mass is 9.94. The van der Waals surface area contributed by atoms with Crippen LogP contribution in [0.25, 0.3) is 0 Å². The van der Waals surface area contributed by atoms with E-state index in [-0.39, 0.29) is 5.91 Å². The number of amides is 1. The molecular weight excluding hydrogens is 254 g/mol. The third kappa shape index (κ3) is 5.38. The van der Waals surface area contributed by atoms with Gasteiger partial charge in [0.1, 0.15) is 0 Å². The van der Waals surface area contributed by atoms with Crippen LogP contribution in [-0.4, -0.2) is 56.2 Å². The third-order valence-corrected chi connectivity index (χ3v) is 4.35. The fourth-order valence-corrected chi connectivity index (χ4v) is 2.69. The second kappa shape index (κ2) is 8.60. The molecule has 1 heterocycles. The standard InChI is InChI=1S/C15H31N3O2/c1-4-8-17-15(2,14(16)19)7-11-18-9-5-13(6-10-18)12-20-3/h13,17H,4-12H2,1-3H3,(H2,16,19). The Morgan fingerprint density at radius 2 is 2.10 bits per heavy atom. The average Bonchev–Trinajstić information content (AvgIpc) is 2.44. The minimum absolute atomic E-state index is 0.250. The second-order valence-electron chi connectivity index (χ2n) is 6.11. The van der Waals surface area contributed by atoms with E-state index in [1.54, 1.807) is 7.11 Å². The predicted molar refractivity (Wildman–Crippen MR) is 81.6 cm³/mol. The summed E-state index contributed by atoms with van der Waals surface area (Å²) in [5.41, 5.74) is 4.97. The monoisotopic (exact) mass is 285 g/mol. The Hall–Kier alpha value is -0.650. The van der Waals surface area contributed by atoms with E-state index in [4.69, 9.17) is 10.5 Å². The van der Waals surface area contributed by atoms with Gasteiger partial charge in [0.05, 0.1) is 5.54 Å². The largest absolute Gasteiger partial charge is 0.384 e. The Kier molecular flexibility index (Phi) is 7.48. The Bertz CT molecular complexity index is 291. The predicted octanol–water partition coefficient (Wildman–Crippen LogP) is 0.979. The van der Waals surface area contributed by atoms with Gasteiger partial charge in [-0.2, -0.15) is 0 Å². The SMILES string of the molecule is CCCNC(C)(CCN1CCC(COC)CC1)C(N)=O. The normalized spacial score (nSPS) is 20.8. The van der Waals surface area contributed by atoms with Crippen molar-refractivity contribution in [3.63, 3.8) is 0 Å². The quantitative estimate of drug-likeness (QED) is 0.662. The number of nitrogens with one attached hydrogen (secondary N) is 1. The smallest absolute Gasteiger partial charge is 0.237 e. The molecule has 0 aromatic heterocycles. The molecule has 1 atom stereocenters. The lowest BCUT2D eigenvalue weighted by molar-refractivity contribution is -0.124. The summed E-state index contributed by atoms with van der Waals surface area (Å²) < 4.78 is 5.22. The van der Waals surface area contributed by atoms with Crippen molar-refractivity contribution in [1.29, 1.82) is 0 Å². The molecule has 1 fully saturated rings. The van der Waals surface area contributed by atoms with Crippen LogP contribution < -0.4 is 11.1 Å². The van der Waals surface area contributed by atoms with E-state index in [2.05, 4.69) is 17.1 Å². The van der Waals surface area contributed by atoms with Crippen molar-refractivity contribution in [1.82, 2.24) is 10.2 Å². The molecule has 0 spiro atoms. The molecule has 0 radical (unpaired) electrons. The van der Waals surface area contributed by atoms with Gasteiger partial charge >= 0.3 is 0 Å². The van der Waals surface area contributed by atoms with E-state index >= 15 is 0 Å². The number of primary amides is 1. The van der Waals surface area contributed by atoms with Gasteiger partial charge in [0.15, 0.2) is 0 Å². The number of ether oxygens (including phenoxy) is 1. The highest BCUT2D eigenvalue weighted by atomic mass is 16.5. The number of methoxy groups -OCH3 is 1. The first kappa shape index (κ1) is 17.4. The number of hydrogen-bond acceptors (Lipinski definition) is 4. The molecule has 1 aliphatic rings. The molecule has 5 nitrogen and oxygen atoms in total. The molecule has 1 aliphatic heterocycles. The first-order valence-electron chi connectivity index (χ1n) is 7.78. The maximum atomic E-state index is 11.7. The van der Waals surface area contributed by atoms with Gasteiger partial charge in [-0.1, -0.05) is 6.92 Å². The van der Waals surface area contributed by atoms with E-state index in [0.717, 1.165) is 45.6 Å². The second-order valence-corrected chi connectivity index (χ2v) is 6.11. The molecule has 0 aliphatic carbocycles. The van der Waals surface area contributed by atoms with Crippen molar-refractivity contribution in [2.24, 2.45) is 11.7 Å². The number of carbonyl (C=O) groups is 1. The van der Waals surface area contributed by atoms with Crippen LogP contribution in [0, 0.1) is 5.92 Å². The number of nitrogens with zero attached hydrogens (tertiary/aromatic N) is 1. The van der Waals surface area contributed by atoms with Gasteiger partial charge < -0.3 is 20.7 Å². The lowest BCUT2D eigenvalue weighted by Gasteiger charge is -2.35. The van der Waals surface area contributed by atoms with Crippen LogP contribution in [0.4, 0.5) is 0 Å². The van der Waals surface area contributed by atoms with Crippen LogP contribution in [0.15, 0.2) is 0 Å². The number of nitrogens with two attached hydrogens (primary N) is 1. The molecule has 118 valence electrons. The molecule has 20 heavy (non-hydrogen) atoms. The Morgan fingerprint density at radius 3 is 2.60 bits per heavy atom. The van der Waals surface area contributed by atoms with E-state index in [9.17, 15) is 4.79 Å². The molecule has 1 amide bonds. The molecule has 0 aromatic carbocycles. The molecule has 1 rings (SSSR count). The minimum atomic E-state index is -0.584. The van der Waals surface area contributed by atoms with E-state index in [0.29, 0.717) is 5.92 Å². The van der Waals surface area contributed by atoms with Crippen molar-refractivity contribution in [2.45, 2.75) is 45.1 Å². The van der Waals surface area contributed by atoms with Gasteiger partial charge in [-0.05, 0) is 58.2 Å². The summed E-state index contributed by atoms with van der Waals surface area (Å²) in [4.78, 5) is 14.1. The summed E-state index contributed by atoms with van der Waals surface area (Å²) in [6.45, 7) is 8.82. The molecule has 0 saturated carbocycles. The molecule has 1 unspecified atom stereocenters. The van der Waals surface area contributed by atoms with Crippen molar-refractivity contribution in [2.75, 3.05) is 39.9 Å². The Morgan fingerprint density at radius 1 is 1.45 bits per heavy atom. The molecule has 0 bridgehead atoms. The van der Waals surface area contributed by atoms with Crippen LogP contribution in [0.3, 0.4) is 0 Å². The van der Waals surface area contributed by atoms with Crippen LogP contribution in [-0.2, 0) is 9.53 Å². The Balaban J connectivity index is 2.35. The highest BCUT2D eigenvalue weighted by Crippen LogP contribution is 2.19. The summed E-state index contributed by atoms with van der Waals surface area (Å²) in [5.74, 6) is 0.442. The zero-order valence-electron chi connectivity index (χ0n) is 13.3. The summed E-state index contributed by atoms with van der Waals surface area (Å²) >= 11 is 0. The zero-order valence-corrected chi connectivity index (χ0v) is 13.3. The van der Waals surface area contributed by atoms with Crippen LogP contribution >= 0.6 is 0 Å². The average molecular weight is 285 g/mol. The summed E-state index contributed by atoms with van der Waals surface area (Å²) in [7, 11) is 1.77. The maximum Gasteiger partial charge on any atom is 0.237 e. The van der Waals surface area contributed by atoms with Crippen molar-refractivity contribution < 1.29 is 9.53 Å². The van der Waals surface area contributed by atoms with Crippen molar-refractivity contribution >= 4 is 5.91 Å². The number of carbonyl (C=O) groups excluding carboxylic acids is 1. The lowest BCUT2D eigenvalue weighted by Crippen LogP contribution is -2.55. The molecule has 0 aromatic rings.